The van der Waals surface area contributed by atoms with Crippen LogP contribution in [0.4, 0.5) is 34.1 Å². The van der Waals surface area contributed by atoms with Crippen LogP contribution in [-0.4, -0.2) is 9.13 Å². The molecule has 0 radical (unpaired) electrons. The van der Waals surface area contributed by atoms with E-state index in [1.165, 1.54) is 188 Å². The molecule has 7 aliphatic rings. The Morgan fingerprint density at radius 3 is 1.04 bits per heavy atom. The molecule has 30 rings (SSSR count). The van der Waals surface area contributed by atoms with E-state index in [4.69, 9.17) is 0 Å². The first-order valence-electron chi connectivity index (χ1n) is 46.9. The molecule has 2 aromatic heterocycles. The van der Waals surface area contributed by atoms with Crippen molar-refractivity contribution < 1.29 is 0 Å². The summed E-state index contributed by atoms with van der Waals surface area (Å²) in [5.74, 6) is 0. The summed E-state index contributed by atoms with van der Waals surface area (Å²) in [7, 11) is 0. The molecule has 4 nitrogen and oxygen atoms in total. The van der Waals surface area contributed by atoms with Gasteiger partial charge in [0.15, 0.2) is 0 Å². The van der Waals surface area contributed by atoms with Gasteiger partial charge in [0.25, 0.3) is 0 Å². The van der Waals surface area contributed by atoms with Crippen molar-refractivity contribution >= 4 is 77.7 Å². The third-order valence-corrected chi connectivity index (χ3v) is 31.6. The van der Waals surface area contributed by atoms with Crippen LogP contribution >= 0.6 is 0 Å². The number of hydrogen-bond donors (Lipinski definition) is 0. The number of aromatic nitrogens is 2. The van der Waals surface area contributed by atoms with E-state index >= 15 is 0 Å². The molecule has 2 aliphatic heterocycles. The molecule has 0 bridgehead atoms. The van der Waals surface area contributed by atoms with Gasteiger partial charge in [0.2, 0.25) is 0 Å². The van der Waals surface area contributed by atoms with Gasteiger partial charge in [-0.3, -0.25) is 0 Å². The van der Waals surface area contributed by atoms with Crippen LogP contribution < -0.4 is 9.80 Å². The van der Waals surface area contributed by atoms with Gasteiger partial charge in [-0.15, -0.1) is 0 Å². The predicted molar refractivity (Wildman–Crippen MR) is 551 cm³/mol. The van der Waals surface area contributed by atoms with Crippen molar-refractivity contribution in [2.75, 3.05) is 9.80 Å². The lowest BCUT2D eigenvalue weighted by atomic mass is 9.65. The molecule has 3 spiro atoms. The second-order valence-corrected chi connectivity index (χ2v) is 37.4. The van der Waals surface area contributed by atoms with Crippen LogP contribution in [0.1, 0.15) is 89.0 Å². The highest BCUT2D eigenvalue weighted by molar-refractivity contribution is 6.19. The molecule has 21 aromatic carbocycles. The van der Waals surface area contributed by atoms with Gasteiger partial charge in [0, 0.05) is 55.5 Å². The van der Waals surface area contributed by atoms with Crippen LogP contribution in [0.15, 0.2) is 485 Å². The zero-order chi connectivity index (χ0) is 87.4. The summed E-state index contributed by atoms with van der Waals surface area (Å²) in [6.07, 6.45) is 0. The topological polar surface area (TPSA) is 16.3 Å². The Hall–Kier alpha value is -17.2. The van der Waals surface area contributed by atoms with Crippen LogP contribution in [0, 0.1) is 0 Å². The van der Waals surface area contributed by atoms with E-state index in [0.717, 1.165) is 67.7 Å². The van der Waals surface area contributed by atoms with Gasteiger partial charge in [-0.1, -0.05) is 400 Å². The standard InChI is InChI=1S/C130H80N4/c1-5-34-81(35-6-1)90-42-20-29-63-119(90)132(87-68-72-100-97-48-18-25-57-108(97)128(118(100)78-87)106-55-23-14-43-92(106)93-44-15-24-56-107(93)128)89-70-75-113-122(80-89)133-120-64-30-21-50-101(120)102-52-31-61-115(125(102)133)130(113)111-60-28-19-49-98(111)104-76-82(66-73-112(104)130)91-51-33-65-121-124(91)103-53-32-62-116-126(103)134(121)123-79-88(69-74-114(123)129(116)109-58-26-16-45-94(109)95-46-17-27-59-110(95)129)131(85-40-11-4-12-41-85)86-67-71-99-96-47-13-22-54-105(96)127(117(99)77-86,83-36-7-2-8-37-83)84-38-9-3-10-39-84/h1-80H. The Balaban J connectivity index is 0.632. The summed E-state index contributed by atoms with van der Waals surface area (Å²) in [6, 6.07) is 186. The Kier molecular flexibility index (Phi) is 15.0. The quantitative estimate of drug-likeness (QED) is 0.136. The van der Waals surface area contributed by atoms with Gasteiger partial charge in [0.1, 0.15) is 0 Å². The van der Waals surface area contributed by atoms with Crippen molar-refractivity contribution in [2.24, 2.45) is 0 Å². The fraction of sp³-hybridized carbons (Fsp3) is 0.0308. The highest BCUT2D eigenvalue weighted by Gasteiger charge is 2.56. The minimum absolute atomic E-state index is 0.558. The minimum Gasteiger partial charge on any atom is -0.310 e. The van der Waals surface area contributed by atoms with E-state index < -0.39 is 21.7 Å². The van der Waals surface area contributed by atoms with E-state index in [2.05, 4.69) is 504 Å². The summed E-state index contributed by atoms with van der Waals surface area (Å²) in [6.45, 7) is 0. The van der Waals surface area contributed by atoms with E-state index in [-0.39, 0.29) is 0 Å². The lowest BCUT2D eigenvalue weighted by Gasteiger charge is -2.40. The molecule has 4 heterocycles. The van der Waals surface area contributed by atoms with E-state index in [1.54, 1.807) is 0 Å². The van der Waals surface area contributed by atoms with Crippen LogP contribution in [0.2, 0.25) is 0 Å². The summed E-state index contributed by atoms with van der Waals surface area (Å²) in [4.78, 5) is 5.09. The van der Waals surface area contributed by atoms with Crippen molar-refractivity contribution in [1.82, 2.24) is 9.13 Å². The predicted octanol–water partition coefficient (Wildman–Crippen LogP) is 32.2. The van der Waals surface area contributed by atoms with Crippen LogP contribution in [0.25, 0.3) is 133 Å². The fourth-order valence-corrected chi connectivity index (χ4v) is 26.7. The maximum atomic E-state index is 2.66. The van der Waals surface area contributed by atoms with Gasteiger partial charge in [-0.2, -0.15) is 0 Å². The van der Waals surface area contributed by atoms with Crippen molar-refractivity contribution in [2.45, 2.75) is 21.7 Å². The number of anilines is 6. The summed E-state index contributed by atoms with van der Waals surface area (Å²) in [5.41, 5.74) is 48.6. The lowest BCUT2D eigenvalue weighted by Crippen LogP contribution is -2.33. The largest absolute Gasteiger partial charge is 0.310 e. The molecule has 0 amide bonds. The molecule has 23 aromatic rings. The number of benzene rings is 21. The maximum absolute atomic E-state index is 2.66. The van der Waals surface area contributed by atoms with Crippen molar-refractivity contribution in [3.05, 3.63) is 574 Å². The monoisotopic (exact) mass is 1700 g/mol. The van der Waals surface area contributed by atoms with Gasteiger partial charge < -0.3 is 18.9 Å². The molecule has 5 aliphatic carbocycles. The number of rotatable bonds is 10. The molecule has 0 saturated heterocycles. The zero-order valence-corrected chi connectivity index (χ0v) is 73.0. The zero-order valence-electron chi connectivity index (χ0n) is 73.0. The summed E-state index contributed by atoms with van der Waals surface area (Å²) in [5, 5.41) is 4.90. The highest BCUT2D eigenvalue weighted by atomic mass is 15.2. The summed E-state index contributed by atoms with van der Waals surface area (Å²) >= 11 is 0. The third-order valence-electron chi connectivity index (χ3n) is 31.6. The average Bonchev–Trinajstić information content (AvgIpc) is 1.48. The van der Waals surface area contributed by atoms with Crippen LogP contribution in [0.3, 0.4) is 0 Å². The Bertz CT molecular complexity index is 8890. The molecule has 134 heavy (non-hydrogen) atoms. The first-order chi connectivity index (χ1) is 66.5. The molecule has 0 fully saturated rings. The first kappa shape index (κ1) is 73.7. The smallest absolute Gasteiger partial charge is 0.0754 e. The Morgan fingerprint density at radius 2 is 0.500 bits per heavy atom. The minimum atomic E-state index is -0.769. The molecule has 1 unspecified atom stereocenters. The molecule has 1 atom stereocenters. The van der Waals surface area contributed by atoms with Crippen molar-refractivity contribution in [3.63, 3.8) is 0 Å². The van der Waals surface area contributed by atoms with Gasteiger partial charge in [-0.05, 0) is 246 Å². The normalized spacial score (nSPS) is 15.1. The molecule has 0 saturated carbocycles. The Labute approximate surface area is 776 Å². The molecule has 620 valence electrons. The van der Waals surface area contributed by atoms with Gasteiger partial charge in [-0.25, -0.2) is 0 Å². The Morgan fingerprint density at radius 1 is 0.164 bits per heavy atom. The second-order valence-electron chi connectivity index (χ2n) is 37.4. The van der Waals surface area contributed by atoms with E-state index in [1.807, 2.05) is 0 Å². The lowest BCUT2D eigenvalue weighted by molar-refractivity contribution is 0.748. The number of para-hydroxylation sites is 5. The third kappa shape index (κ3) is 9.26. The second kappa shape index (κ2) is 27.2. The van der Waals surface area contributed by atoms with Gasteiger partial charge in [0.05, 0.1) is 60.8 Å². The van der Waals surface area contributed by atoms with Crippen LogP contribution in [-0.2, 0) is 21.7 Å². The van der Waals surface area contributed by atoms with E-state index in [0.29, 0.717) is 0 Å². The summed E-state index contributed by atoms with van der Waals surface area (Å²) < 4.78 is 5.29. The molecule has 0 N–H and O–H groups in total. The van der Waals surface area contributed by atoms with Crippen molar-refractivity contribution in [1.29, 1.82) is 0 Å². The molecular formula is C130H80N4. The fourth-order valence-electron chi connectivity index (χ4n) is 26.7. The van der Waals surface area contributed by atoms with Gasteiger partial charge >= 0.3 is 0 Å². The number of nitrogens with zero attached hydrogens (tertiary/aromatic N) is 4. The first-order valence-corrected chi connectivity index (χ1v) is 46.9. The molecular weight excluding hydrogens is 1620 g/mol. The highest BCUT2D eigenvalue weighted by Crippen LogP contribution is 2.68. The molecule has 4 heteroatoms. The maximum Gasteiger partial charge on any atom is 0.0754 e. The number of hydrogen-bond acceptors (Lipinski definition) is 2. The van der Waals surface area contributed by atoms with Crippen LogP contribution in [0.5, 0.6) is 0 Å². The van der Waals surface area contributed by atoms with Crippen molar-refractivity contribution in [3.8, 4) is 89.3 Å². The van der Waals surface area contributed by atoms with E-state index in [9.17, 15) is 0 Å². The SMILES string of the molecule is c1ccc(-c2ccccc2N(c2ccc3c(c2)-n2c4ccccc4c4cccc(c42)C32c3ccccc3-c3cc(-c4cccc5c4c4cccc6c4n5-c4cc(N(c5ccccc5)c5ccc7c(c5)C(c5ccccc5)(c5ccccc5)c5ccccc5-7)ccc4C64c5ccccc5-c5ccccc54)ccc32)c2ccc3c(c2)C2(c4ccccc4-c4ccccc42)c2ccccc2-3)cc1. The average molecular weight is 1700 g/mol. The number of fused-ring (bicyclic) bond motifs is 37.